The molecule has 0 aliphatic carbocycles. The zero-order valence-corrected chi connectivity index (χ0v) is 11.6. The highest BCUT2D eigenvalue weighted by atomic mass is 35.5. The molecule has 5 heteroatoms. The molecule has 1 heterocycles. The predicted molar refractivity (Wildman–Crippen MR) is 71.6 cm³/mol. The van der Waals surface area contributed by atoms with Crippen LogP contribution in [0.25, 0.3) is 0 Å². The summed E-state index contributed by atoms with van der Waals surface area (Å²) in [6.07, 6.45) is 2.71. The normalized spacial score (nSPS) is 19.8. The first-order valence-electron chi connectivity index (χ1n) is 6.26. The van der Waals surface area contributed by atoms with Crippen molar-refractivity contribution < 1.29 is 9.53 Å². The van der Waals surface area contributed by atoms with Crippen molar-refractivity contribution in [3.05, 3.63) is 0 Å². The van der Waals surface area contributed by atoms with Crippen LogP contribution < -0.4 is 10.6 Å². The van der Waals surface area contributed by atoms with Gasteiger partial charge in [-0.25, -0.2) is 0 Å². The van der Waals surface area contributed by atoms with E-state index in [0.717, 1.165) is 32.5 Å². The highest BCUT2D eigenvalue weighted by molar-refractivity contribution is 5.85. The summed E-state index contributed by atoms with van der Waals surface area (Å²) in [6, 6.07) is 0.311. The fourth-order valence-electron chi connectivity index (χ4n) is 1.76. The van der Waals surface area contributed by atoms with Crippen LogP contribution in [0.3, 0.4) is 0 Å². The summed E-state index contributed by atoms with van der Waals surface area (Å²) in [5.74, 6) is 0.642. The number of carbonyl (C=O) groups is 1. The number of ether oxygens (including phenoxy) is 1. The number of nitrogens with one attached hydrogen (secondary N) is 2. The Bertz CT molecular complexity index is 207. The highest BCUT2D eigenvalue weighted by Crippen LogP contribution is 2.01. The van der Waals surface area contributed by atoms with E-state index in [2.05, 4.69) is 24.5 Å². The molecule has 17 heavy (non-hydrogen) atoms. The maximum Gasteiger partial charge on any atom is 0.222 e. The van der Waals surface area contributed by atoms with Crippen LogP contribution >= 0.6 is 12.4 Å². The summed E-state index contributed by atoms with van der Waals surface area (Å²) in [7, 11) is 0. The van der Waals surface area contributed by atoms with Crippen molar-refractivity contribution in [2.45, 2.75) is 39.2 Å². The molecule has 2 N–H and O–H groups in total. The number of halogens is 1. The molecule has 4 nitrogen and oxygen atoms in total. The molecule has 1 fully saturated rings. The second kappa shape index (κ2) is 9.68. The Labute approximate surface area is 110 Å². The average Bonchev–Trinajstić information content (AvgIpc) is 2.25. The van der Waals surface area contributed by atoms with Crippen LogP contribution in [-0.2, 0) is 9.53 Å². The molecule has 102 valence electrons. The number of carbonyl (C=O) groups excluding carboxylic acids is 1. The SMILES string of the molecule is CC(C)COCCC(=O)N[C@H]1CCCNC1.Cl. The minimum atomic E-state index is 0. The number of piperidine rings is 1. The van der Waals surface area contributed by atoms with Crippen molar-refractivity contribution in [2.75, 3.05) is 26.3 Å². The van der Waals surface area contributed by atoms with Gasteiger partial charge in [0.05, 0.1) is 6.61 Å². The summed E-state index contributed by atoms with van der Waals surface area (Å²) in [6.45, 7) is 7.45. The fourth-order valence-corrected chi connectivity index (χ4v) is 1.76. The second-order valence-corrected chi connectivity index (χ2v) is 4.83. The molecule has 0 aromatic rings. The van der Waals surface area contributed by atoms with Gasteiger partial charge in [-0.2, -0.15) is 0 Å². The standard InChI is InChI=1S/C12H24N2O2.ClH/c1-10(2)9-16-7-5-12(15)14-11-4-3-6-13-8-11;/h10-11,13H,3-9H2,1-2H3,(H,14,15);1H/t11-;/m0./s1. The molecular formula is C12H25ClN2O2. The van der Waals surface area contributed by atoms with E-state index in [1.807, 2.05) is 0 Å². The third kappa shape index (κ3) is 8.41. The van der Waals surface area contributed by atoms with Crippen molar-refractivity contribution in [2.24, 2.45) is 5.92 Å². The van der Waals surface area contributed by atoms with Gasteiger partial charge >= 0.3 is 0 Å². The Morgan fingerprint density at radius 3 is 2.88 bits per heavy atom. The van der Waals surface area contributed by atoms with E-state index in [1.165, 1.54) is 0 Å². The summed E-state index contributed by atoms with van der Waals surface area (Å²) in [5, 5.41) is 6.30. The van der Waals surface area contributed by atoms with Crippen LogP contribution in [-0.4, -0.2) is 38.3 Å². The number of rotatable bonds is 6. The second-order valence-electron chi connectivity index (χ2n) is 4.83. The van der Waals surface area contributed by atoms with Crippen molar-refractivity contribution >= 4 is 18.3 Å². The highest BCUT2D eigenvalue weighted by Gasteiger charge is 2.14. The lowest BCUT2D eigenvalue weighted by atomic mass is 10.1. The lowest BCUT2D eigenvalue weighted by Gasteiger charge is -2.23. The van der Waals surface area contributed by atoms with Crippen LogP contribution in [0.5, 0.6) is 0 Å². The van der Waals surface area contributed by atoms with E-state index >= 15 is 0 Å². The van der Waals surface area contributed by atoms with Crippen LogP contribution in [0.4, 0.5) is 0 Å². The van der Waals surface area contributed by atoms with Gasteiger partial charge in [0.15, 0.2) is 0 Å². The molecule has 1 saturated heterocycles. The molecular weight excluding hydrogens is 240 g/mol. The van der Waals surface area contributed by atoms with Crippen LogP contribution in [0.15, 0.2) is 0 Å². The van der Waals surface area contributed by atoms with Gasteiger partial charge in [0, 0.05) is 25.6 Å². The lowest BCUT2D eigenvalue weighted by Crippen LogP contribution is -2.45. The molecule has 0 aromatic carbocycles. The van der Waals surface area contributed by atoms with Gasteiger partial charge in [-0.15, -0.1) is 12.4 Å². The maximum atomic E-state index is 11.5. The Morgan fingerprint density at radius 2 is 2.29 bits per heavy atom. The van der Waals surface area contributed by atoms with Crippen LogP contribution in [0.1, 0.15) is 33.1 Å². The smallest absolute Gasteiger partial charge is 0.222 e. The molecule has 0 saturated carbocycles. The zero-order valence-electron chi connectivity index (χ0n) is 10.8. The van der Waals surface area contributed by atoms with Crippen molar-refractivity contribution in [1.82, 2.24) is 10.6 Å². The third-order valence-corrected chi connectivity index (χ3v) is 2.59. The van der Waals surface area contributed by atoms with Gasteiger partial charge in [0.2, 0.25) is 5.91 Å². The summed E-state index contributed by atoms with van der Waals surface area (Å²) < 4.78 is 5.38. The van der Waals surface area contributed by atoms with Crippen molar-refractivity contribution in [3.8, 4) is 0 Å². The molecule has 0 aromatic heterocycles. The topological polar surface area (TPSA) is 50.4 Å². The third-order valence-electron chi connectivity index (χ3n) is 2.59. The van der Waals surface area contributed by atoms with Crippen molar-refractivity contribution in [1.29, 1.82) is 0 Å². The zero-order chi connectivity index (χ0) is 11.8. The summed E-state index contributed by atoms with van der Waals surface area (Å²) in [4.78, 5) is 11.5. The summed E-state index contributed by atoms with van der Waals surface area (Å²) >= 11 is 0. The Hall–Kier alpha value is -0.320. The average molecular weight is 265 g/mol. The monoisotopic (exact) mass is 264 g/mol. The fraction of sp³-hybridized carbons (Fsp3) is 0.917. The molecule has 0 unspecified atom stereocenters. The molecule has 1 aliphatic heterocycles. The van der Waals surface area contributed by atoms with Gasteiger partial charge in [-0.05, 0) is 25.3 Å². The molecule has 1 aliphatic rings. The molecule has 1 amide bonds. The molecule has 1 rings (SSSR count). The van der Waals surface area contributed by atoms with E-state index in [9.17, 15) is 4.79 Å². The quantitative estimate of drug-likeness (QED) is 0.712. The van der Waals surface area contributed by atoms with Gasteiger partial charge < -0.3 is 15.4 Å². The number of hydrogen-bond donors (Lipinski definition) is 2. The maximum absolute atomic E-state index is 11.5. The first-order valence-corrected chi connectivity index (χ1v) is 6.26. The lowest BCUT2D eigenvalue weighted by molar-refractivity contribution is -0.123. The van der Waals surface area contributed by atoms with Crippen molar-refractivity contribution in [3.63, 3.8) is 0 Å². The number of amides is 1. The number of hydrogen-bond acceptors (Lipinski definition) is 3. The molecule has 0 bridgehead atoms. The van der Waals surface area contributed by atoms with E-state index in [4.69, 9.17) is 4.74 Å². The minimum absolute atomic E-state index is 0. The minimum Gasteiger partial charge on any atom is -0.381 e. The first kappa shape index (κ1) is 16.7. The summed E-state index contributed by atoms with van der Waals surface area (Å²) in [5.41, 5.74) is 0. The van der Waals surface area contributed by atoms with Crippen LogP contribution in [0.2, 0.25) is 0 Å². The Balaban J connectivity index is 0.00000256. The Morgan fingerprint density at radius 1 is 1.53 bits per heavy atom. The van der Waals surface area contributed by atoms with E-state index in [1.54, 1.807) is 0 Å². The van der Waals surface area contributed by atoms with E-state index in [-0.39, 0.29) is 18.3 Å². The van der Waals surface area contributed by atoms with E-state index < -0.39 is 0 Å². The predicted octanol–water partition coefficient (Wildman–Crippen LogP) is 1.34. The van der Waals surface area contributed by atoms with E-state index in [0.29, 0.717) is 25.0 Å². The first-order chi connectivity index (χ1) is 7.68. The largest absolute Gasteiger partial charge is 0.381 e. The van der Waals surface area contributed by atoms with Gasteiger partial charge in [0.25, 0.3) is 0 Å². The Kier molecular flexibility index (Phi) is 9.50. The molecule has 0 spiro atoms. The molecule has 0 radical (unpaired) electrons. The van der Waals surface area contributed by atoms with Crippen LogP contribution in [0, 0.1) is 5.92 Å². The molecule has 1 atom stereocenters. The van der Waals surface area contributed by atoms with Gasteiger partial charge in [0.1, 0.15) is 0 Å². The van der Waals surface area contributed by atoms with Gasteiger partial charge in [-0.1, -0.05) is 13.8 Å². The van der Waals surface area contributed by atoms with Gasteiger partial charge in [-0.3, -0.25) is 4.79 Å².